The number of rotatable bonds is 12. The number of hydrogen-bond donors (Lipinski definition) is 3. The van der Waals surface area contributed by atoms with Crippen molar-refractivity contribution >= 4 is 27.4 Å². The predicted molar refractivity (Wildman–Crippen MR) is 123 cm³/mol. The lowest BCUT2D eigenvalue weighted by Crippen LogP contribution is -2.60. The van der Waals surface area contributed by atoms with Crippen LogP contribution in [-0.4, -0.2) is 56.9 Å². The van der Waals surface area contributed by atoms with Crippen molar-refractivity contribution in [2.75, 3.05) is 19.3 Å². The lowest BCUT2D eigenvalue weighted by molar-refractivity contribution is -0.141. The van der Waals surface area contributed by atoms with Gasteiger partial charge in [0, 0.05) is 6.54 Å². The molecule has 0 heterocycles. The summed E-state index contributed by atoms with van der Waals surface area (Å²) in [5, 5.41) is 8.33. The molecule has 3 N–H and O–H groups in total. The zero-order valence-corrected chi connectivity index (χ0v) is 19.8. The minimum atomic E-state index is -3.57. The summed E-state index contributed by atoms with van der Waals surface area (Å²) in [5.41, 5.74) is -0.719. The molecule has 0 unspecified atom stereocenters. The Kier molecular flexibility index (Phi) is 9.84. The van der Waals surface area contributed by atoms with Gasteiger partial charge in [0.15, 0.2) is 9.84 Å². The molecule has 8 nitrogen and oxygen atoms in total. The second kappa shape index (κ2) is 12.1. The van der Waals surface area contributed by atoms with Crippen molar-refractivity contribution in [1.29, 1.82) is 0 Å². The Hall–Kier alpha value is -2.26. The molecule has 1 fully saturated rings. The Labute approximate surface area is 190 Å². The van der Waals surface area contributed by atoms with Crippen molar-refractivity contribution in [3.8, 4) is 0 Å². The molecule has 178 valence electrons. The van der Waals surface area contributed by atoms with E-state index < -0.39 is 33.1 Å². The van der Waals surface area contributed by atoms with Crippen LogP contribution in [0.25, 0.3) is 0 Å². The summed E-state index contributed by atoms with van der Waals surface area (Å²) in [5.74, 6) is -2.19. The molecule has 1 saturated carbocycles. The molecular weight excluding hydrogens is 430 g/mol. The predicted octanol–water partition coefficient (Wildman–Crippen LogP) is 1.74. The normalized spacial score (nSPS) is 16.7. The monoisotopic (exact) mass is 465 g/mol. The molecule has 1 aliphatic carbocycles. The fourth-order valence-corrected chi connectivity index (χ4v) is 5.19. The zero-order chi connectivity index (χ0) is 23.6. The summed E-state index contributed by atoms with van der Waals surface area (Å²) in [6, 6.07) is 7.01. The molecule has 9 heteroatoms. The maximum absolute atomic E-state index is 13.0. The standard InChI is InChI=1S/C23H35N3O5S/c1-3-4-13-19(26-22(29)23(24-2)14-9-6-10-15-23)20(27)21(28)25-16-17-32(30,31)18-11-7-5-8-12-18/h5,7-8,11-12,19,24H,3-4,6,9-10,13-17H2,1-2H3,(H,25,28)(H,26,29)/t19-/m0/s1. The SMILES string of the molecule is CCCC[C@H](NC(=O)C1(NC)CCCCC1)C(=O)C(=O)NCCS(=O)(=O)c1ccccc1. The number of likely N-dealkylation sites (N-methyl/N-ethyl adjacent to an activating group) is 1. The summed E-state index contributed by atoms with van der Waals surface area (Å²) in [4.78, 5) is 38.4. The Balaban J connectivity index is 1.98. The number of unbranched alkanes of at least 4 members (excludes halogenated alkanes) is 1. The fourth-order valence-electron chi connectivity index (χ4n) is 4.01. The van der Waals surface area contributed by atoms with Crippen LogP contribution in [0.2, 0.25) is 0 Å². The van der Waals surface area contributed by atoms with Gasteiger partial charge >= 0.3 is 0 Å². The van der Waals surface area contributed by atoms with Gasteiger partial charge in [-0.25, -0.2) is 8.42 Å². The highest BCUT2D eigenvalue weighted by Gasteiger charge is 2.40. The maximum atomic E-state index is 13.0. The Bertz CT molecular complexity index is 880. The topological polar surface area (TPSA) is 121 Å². The van der Waals surface area contributed by atoms with E-state index >= 15 is 0 Å². The quantitative estimate of drug-likeness (QED) is 0.404. The van der Waals surface area contributed by atoms with E-state index in [4.69, 9.17) is 0 Å². The van der Waals surface area contributed by atoms with Gasteiger partial charge in [0.2, 0.25) is 11.7 Å². The molecule has 32 heavy (non-hydrogen) atoms. The van der Waals surface area contributed by atoms with Gasteiger partial charge in [-0.1, -0.05) is 57.2 Å². The molecule has 0 saturated heterocycles. The van der Waals surface area contributed by atoms with Gasteiger partial charge in [0.05, 0.1) is 22.2 Å². The van der Waals surface area contributed by atoms with Crippen LogP contribution in [0.15, 0.2) is 35.2 Å². The minimum absolute atomic E-state index is 0.165. The number of amides is 2. The van der Waals surface area contributed by atoms with Crippen molar-refractivity contribution in [1.82, 2.24) is 16.0 Å². The lowest BCUT2D eigenvalue weighted by atomic mass is 9.80. The molecule has 1 aliphatic rings. The first-order valence-corrected chi connectivity index (χ1v) is 13.0. The molecule has 1 aromatic rings. The van der Waals surface area contributed by atoms with E-state index in [1.807, 2.05) is 6.92 Å². The first-order valence-electron chi connectivity index (χ1n) is 11.4. The average molecular weight is 466 g/mol. The summed E-state index contributed by atoms with van der Waals surface area (Å²) in [6.45, 7) is 1.78. The maximum Gasteiger partial charge on any atom is 0.289 e. The van der Waals surface area contributed by atoms with Gasteiger partial charge in [0.25, 0.3) is 5.91 Å². The Morgan fingerprint density at radius 3 is 2.31 bits per heavy atom. The van der Waals surface area contributed by atoms with Crippen molar-refractivity contribution in [2.24, 2.45) is 0 Å². The van der Waals surface area contributed by atoms with E-state index in [9.17, 15) is 22.8 Å². The van der Waals surface area contributed by atoms with E-state index in [1.165, 1.54) is 12.1 Å². The minimum Gasteiger partial charge on any atom is -0.348 e. The van der Waals surface area contributed by atoms with Crippen molar-refractivity contribution < 1.29 is 22.8 Å². The smallest absolute Gasteiger partial charge is 0.289 e. The highest BCUT2D eigenvalue weighted by atomic mass is 32.2. The fraction of sp³-hybridized carbons (Fsp3) is 0.609. The number of sulfone groups is 1. The molecule has 0 bridgehead atoms. The average Bonchev–Trinajstić information content (AvgIpc) is 2.81. The molecule has 2 amide bonds. The van der Waals surface area contributed by atoms with Crippen LogP contribution >= 0.6 is 0 Å². The first kappa shape index (κ1) is 26.0. The van der Waals surface area contributed by atoms with E-state index in [-0.39, 0.29) is 23.1 Å². The van der Waals surface area contributed by atoms with Gasteiger partial charge in [-0.3, -0.25) is 14.4 Å². The third-order valence-corrected chi connectivity index (χ3v) is 7.80. The van der Waals surface area contributed by atoms with Gasteiger partial charge < -0.3 is 16.0 Å². The van der Waals surface area contributed by atoms with Gasteiger partial charge in [-0.15, -0.1) is 0 Å². The van der Waals surface area contributed by atoms with Crippen molar-refractivity contribution in [2.45, 2.75) is 74.8 Å². The summed E-state index contributed by atoms with van der Waals surface area (Å²) in [7, 11) is -1.82. The van der Waals surface area contributed by atoms with E-state index in [2.05, 4.69) is 16.0 Å². The van der Waals surface area contributed by atoms with Crippen LogP contribution in [0, 0.1) is 0 Å². The van der Waals surface area contributed by atoms with E-state index in [1.54, 1.807) is 25.2 Å². The molecule has 0 aromatic heterocycles. The van der Waals surface area contributed by atoms with Crippen LogP contribution in [0.5, 0.6) is 0 Å². The number of benzene rings is 1. The molecule has 0 aliphatic heterocycles. The Morgan fingerprint density at radius 2 is 1.72 bits per heavy atom. The number of Topliss-reactive ketones (excluding diaryl/α,β-unsaturated/α-hetero) is 1. The second-order valence-electron chi connectivity index (χ2n) is 8.31. The van der Waals surface area contributed by atoms with Gasteiger partial charge in [-0.05, 0) is 38.4 Å². The number of ketones is 1. The molecule has 0 spiro atoms. The summed E-state index contributed by atoms with van der Waals surface area (Å²) < 4.78 is 24.7. The third-order valence-electron chi connectivity index (χ3n) is 6.07. The summed E-state index contributed by atoms with van der Waals surface area (Å²) in [6.07, 6.45) is 6.16. The van der Waals surface area contributed by atoms with Crippen LogP contribution in [0.1, 0.15) is 58.3 Å². The number of hydrogen-bond acceptors (Lipinski definition) is 6. The molecular formula is C23H35N3O5S. The number of carbonyl (C=O) groups excluding carboxylic acids is 3. The zero-order valence-electron chi connectivity index (χ0n) is 19.0. The highest BCUT2D eigenvalue weighted by molar-refractivity contribution is 7.91. The van der Waals surface area contributed by atoms with Crippen molar-refractivity contribution in [3.63, 3.8) is 0 Å². The van der Waals surface area contributed by atoms with Crippen LogP contribution in [0.3, 0.4) is 0 Å². The molecule has 1 aromatic carbocycles. The Morgan fingerprint density at radius 1 is 1.06 bits per heavy atom. The van der Waals surface area contributed by atoms with Crippen LogP contribution < -0.4 is 16.0 Å². The summed E-state index contributed by atoms with van der Waals surface area (Å²) >= 11 is 0. The third kappa shape index (κ3) is 6.87. The van der Waals surface area contributed by atoms with Crippen molar-refractivity contribution in [3.05, 3.63) is 30.3 Å². The van der Waals surface area contributed by atoms with Gasteiger partial charge in [0.1, 0.15) is 0 Å². The largest absolute Gasteiger partial charge is 0.348 e. The van der Waals surface area contributed by atoms with Gasteiger partial charge in [-0.2, -0.15) is 0 Å². The van der Waals surface area contributed by atoms with E-state index in [0.717, 1.165) is 25.7 Å². The highest BCUT2D eigenvalue weighted by Crippen LogP contribution is 2.28. The lowest BCUT2D eigenvalue weighted by Gasteiger charge is -2.36. The second-order valence-corrected chi connectivity index (χ2v) is 10.4. The van der Waals surface area contributed by atoms with Crippen LogP contribution in [-0.2, 0) is 24.2 Å². The number of carbonyl (C=O) groups is 3. The molecule has 0 radical (unpaired) electrons. The number of nitrogens with one attached hydrogen (secondary N) is 3. The molecule has 2 rings (SSSR count). The van der Waals surface area contributed by atoms with Crippen LogP contribution in [0.4, 0.5) is 0 Å². The van der Waals surface area contributed by atoms with E-state index in [0.29, 0.717) is 25.7 Å². The molecule has 1 atom stereocenters. The first-order chi connectivity index (χ1) is 15.3.